The number of aromatic nitrogens is 2. The Morgan fingerprint density at radius 2 is 2.14 bits per heavy atom. The van der Waals surface area contributed by atoms with E-state index >= 15 is 0 Å². The number of fused-ring (bicyclic) bond motifs is 1. The molecule has 0 fully saturated rings. The molecule has 2 N–H and O–H groups in total. The first-order chi connectivity index (χ1) is 10.4. The van der Waals surface area contributed by atoms with E-state index in [4.69, 9.17) is 5.73 Å². The van der Waals surface area contributed by atoms with Gasteiger partial charge in [0.2, 0.25) is 0 Å². The fraction of sp³-hybridized carbons (Fsp3) is 0.400. The molecule has 1 unspecified atom stereocenters. The molecule has 2 aromatic rings. The second-order valence-corrected chi connectivity index (χ2v) is 5.59. The molecule has 7 heteroatoms. The van der Waals surface area contributed by atoms with Gasteiger partial charge in [-0.1, -0.05) is 6.07 Å². The minimum atomic E-state index is -4.33. The summed E-state index contributed by atoms with van der Waals surface area (Å²) in [5, 5.41) is 4.12. The standard InChI is InChI=1S/C15H17F3N4/c1-21-7-10(6-20-21)8-22-9-11-2-3-12(15(16,17)18)4-13(11)14(22)5-19/h2-4,6-7,14H,5,8-9,19H2,1H3. The highest BCUT2D eigenvalue weighted by Crippen LogP contribution is 2.38. The zero-order valence-corrected chi connectivity index (χ0v) is 12.1. The first-order valence-electron chi connectivity index (χ1n) is 7.00. The van der Waals surface area contributed by atoms with Gasteiger partial charge in [0.25, 0.3) is 0 Å². The van der Waals surface area contributed by atoms with E-state index < -0.39 is 11.7 Å². The van der Waals surface area contributed by atoms with E-state index in [2.05, 4.69) is 10.00 Å². The van der Waals surface area contributed by atoms with Crippen molar-refractivity contribution in [3.05, 3.63) is 52.8 Å². The quantitative estimate of drug-likeness (QED) is 0.947. The van der Waals surface area contributed by atoms with Gasteiger partial charge in [-0.25, -0.2) is 0 Å². The third-order valence-corrected chi connectivity index (χ3v) is 4.01. The van der Waals surface area contributed by atoms with Crippen molar-refractivity contribution in [1.29, 1.82) is 0 Å². The second-order valence-electron chi connectivity index (χ2n) is 5.59. The Morgan fingerprint density at radius 1 is 1.36 bits per heavy atom. The summed E-state index contributed by atoms with van der Waals surface area (Å²) >= 11 is 0. The van der Waals surface area contributed by atoms with Crippen molar-refractivity contribution >= 4 is 0 Å². The molecule has 0 spiro atoms. The van der Waals surface area contributed by atoms with Crippen LogP contribution in [0.5, 0.6) is 0 Å². The van der Waals surface area contributed by atoms with Gasteiger partial charge in [0, 0.05) is 44.5 Å². The van der Waals surface area contributed by atoms with Gasteiger partial charge in [0.05, 0.1) is 11.8 Å². The van der Waals surface area contributed by atoms with E-state index in [0.717, 1.165) is 17.2 Å². The second kappa shape index (κ2) is 5.40. The Balaban J connectivity index is 1.87. The Bertz CT molecular complexity index is 678. The lowest BCUT2D eigenvalue weighted by Crippen LogP contribution is -2.27. The summed E-state index contributed by atoms with van der Waals surface area (Å²) in [7, 11) is 1.83. The van der Waals surface area contributed by atoms with Gasteiger partial charge >= 0.3 is 6.18 Å². The predicted octanol–water partition coefficient (Wildman–Crippen LogP) is 2.45. The smallest absolute Gasteiger partial charge is 0.329 e. The largest absolute Gasteiger partial charge is 0.416 e. The van der Waals surface area contributed by atoms with Crippen molar-refractivity contribution in [3.63, 3.8) is 0 Å². The number of alkyl halides is 3. The van der Waals surface area contributed by atoms with Crippen LogP contribution in [0.4, 0.5) is 13.2 Å². The Morgan fingerprint density at radius 3 is 2.73 bits per heavy atom. The maximum atomic E-state index is 12.9. The minimum absolute atomic E-state index is 0.197. The van der Waals surface area contributed by atoms with Crippen LogP contribution in [0.1, 0.15) is 28.3 Å². The van der Waals surface area contributed by atoms with Crippen LogP contribution in [0.2, 0.25) is 0 Å². The first kappa shape index (κ1) is 15.1. The molecule has 1 aliphatic heterocycles. The Kier molecular flexibility index (Phi) is 3.70. The molecule has 1 atom stereocenters. The van der Waals surface area contributed by atoms with Gasteiger partial charge < -0.3 is 5.73 Å². The summed E-state index contributed by atoms with van der Waals surface area (Å²) in [6.07, 6.45) is -0.666. The Labute approximate surface area is 126 Å². The van der Waals surface area contributed by atoms with Crippen molar-refractivity contribution in [2.24, 2.45) is 12.8 Å². The first-order valence-corrected chi connectivity index (χ1v) is 7.00. The fourth-order valence-corrected chi connectivity index (χ4v) is 2.98. The fourth-order valence-electron chi connectivity index (χ4n) is 2.98. The van der Waals surface area contributed by atoms with Crippen LogP contribution in [-0.2, 0) is 26.3 Å². The average molecular weight is 310 g/mol. The van der Waals surface area contributed by atoms with E-state index in [1.165, 1.54) is 6.07 Å². The van der Waals surface area contributed by atoms with Gasteiger partial charge in [-0.05, 0) is 23.3 Å². The maximum Gasteiger partial charge on any atom is 0.416 e. The maximum absolute atomic E-state index is 12.9. The molecule has 118 valence electrons. The number of nitrogens with two attached hydrogens (primary N) is 1. The molecule has 0 bridgehead atoms. The molecule has 0 amide bonds. The van der Waals surface area contributed by atoms with Crippen LogP contribution in [0.25, 0.3) is 0 Å². The Hall–Kier alpha value is -1.86. The molecule has 3 rings (SSSR count). The molecule has 0 saturated carbocycles. The van der Waals surface area contributed by atoms with Crippen molar-refractivity contribution < 1.29 is 13.2 Å². The van der Waals surface area contributed by atoms with E-state index in [-0.39, 0.29) is 12.6 Å². The van der Waals surface area contributed by atoms with E-state index in [9.17, 15) is 13.2 Å². The lowest BCUT2D eigenvalue weighted by atomic mass is 10.0. The third-order valence-electron chi connectivity index (χ3n) is 4.01. The number of aryl methyl sites for hydroxylation is 1. The number of nitrogens with zero attached hydrogens (tertiary/aromatic N) is 3. The van der Waals surface area contributed by atoms with Crippen molar-refractivity contribution in [3.8, 4) is 0 Å². The van der Waals surface area contributed by atoms with Gasteiger partial charge in [-0.3, -0.25) is 9.58 Å². The van der Waals surface area contributed by atoms with E-state index in [0.29, 0.717) is 18.7 Å². The van der Waals surface area contributed by atoms with Crippen molar-refractivity contribution in [2.45, 2.75) is 25.3 Å². The molecule has 2 heterocycles. The van der Waals surface area contributed by atoms with Crippen LogP contribution in [0, 0.1) is 0 Å². The summed E-state index contributed by atoms with van der Waals surface area (Å²) < 4.78 is 40.3. The highest BCUT2D eigenvalue weighted by Gasteiger charge is 2.35. The zero-order chi connectivity index (χ0) is 15.9. The molecule has 1 aromatic heterocycles. The van der Waals surface area contributed by atoms with Gasteiger partial charge in [-0.2, -0.15) is 18.3 Å². The highest BCUT2D eigenvalue weighted by atomic mass is 19.4. The molecule has 0 radical (unpaired) electrons. The SMILES string of the molecule is Cn1cc(CN2Cc3ccc(C(F)(F)F)cc3C2CN)cn1. The van der Waals surface area contributed by atoms with Crippen molar-refractivity contribution in [2.75, 3.05) is 6.54 Å². The number of halogens is 3. The van der Waals surface area contributed by atoms with Gasteiger partial charge in [0.15, 0.2) is 0 Å². The molecule has 1 aromatic carbocycles. The predicted molar refractivity (Wildman–Crippen MR) is 75.7 cm³/mol. The lowest BCUT2D eigenvalue weighted by Gasteiger charge is -2.23. The number of hydrogen-bond acceptors (Lipinski definition) is 3. The third kappa shape index (κ3) is 2.74. The molecular formula is C15H17F3N4. The van der Waals surface area contributed by atoms with Crippen LogP contribution in [-0.4, -0.2) is 21.2 Å². The summed E-state index contributed by atoms with van der Waals surface area (Å²) in [5.74, 6) is 0. The highest BCUT2D eigenvalue weighted by molar-refractivity contribution is 5.39. The summed E-state index contributed by atoms with van der Waals surface area (Å²) in [6, 6.07) is 3.73. The molecule has 22 heavy (non-hydrogen) atoms. The van der Waals surface area contributed by atoms with Crippen LogP contribution in [0.15, 0.2) is 30.6 Å². The lowest BCUT2D eigenvalue weighted by molar-refractivity contribution is -0.137. The summed E-state index contributed by atoms with van der Waals surface area (Å²) in [6.45, 7) is 1.50. The zero-order valence-electron chi connectivity index (χ0n) is 12.1. The molecule has 0 aliphatic carbocycles. The van der Waals surface area contributed by atoms with Crippen LogP contribution in [0.3, 0.4) is 0 Å². The molecule has 0 saturated heterocycles. The summed E-state index contributed by atoms with van der Waals surface area (Å²) in [4.78, 5) is 2.09. The van der Waals surface area contributed by atoms with Gasteiger partial charge in [-0.15, -0.1) is 0 Å². The normalized spacial score (nSPS) is 18.7. The molecular weight excluding hydrogens is 293 g/mol. The van der Waals surface area contributed by atoms with Crippen LogP contribution < -0.4 is 5.73 Å². The van der Waals surface area contributed by atoms with E-state index in [1.54, 1.807) is 16.9 Å². The topological polar surface area (TPSA) is 47.1 Å². The monoisotopic (exact) mass is 310 g/mol. The average Bonchev–Trinajstić information content (AvgIpc) is 3.00. The van der Waals surface area contributed by atoms with E-state index in [1.807, 2.05) is 13.2 Å². The van der Waals surface area contributed by atoms with Gasteiger partial charge in [0.1, 0.15) is 0 Å². The number of hydrogen-bond donors (Lipinski definition) is 1. The minimum Gasteiger partial charge on any atom is -0.329 e. The molecule has 1 aliphatic rings. The number of benzene rings is 1. The molecule has 4 nitrogen and oxygen atoms in total. The number of rotatable bonds is 3. The summed E-state index contributed by atoms with van der Waals surface area (Å²) in [5.41, 5.74) is 7.81. The van der Waals surface area contributed by atoms with Crippen LogP contribution >= 0.6 is 0 Å². The van der Waals surface area contributed by atoms with Crippen molar-refractivity contribution in [1.82, 2.24) is 14.7 Å².